The molecule has 0 aliphatic heterocycles. The van der Waals surface area contributed by atoms with Crippen LogP contribution in [0.5, 0.6) is 0 Å². The Hall–Kier alpha value is -2.75. The number of para-hydroxylation sites is 2. The van der Waals surface area contributed by atoms with Gasteiger partial charge in [0.05, 0.1) is 11.0 Å². The van der Waals surface area contributed by atoms with Gasteiger partial charge in [-0.1, -0.05) is 42.5 Å². The van der Waals surface area contributed by atoms with Crippen molar-refractivity contribution in [2.75, 3.05) is 5.32 Å². The third kappa shape index (κ3) is 2.36. The van der Waals surface area contributed by atoms with Crippen molar-refractivity contribution >= 4 is 22.8 Å². The molecule has 3 aromatic rings. The first kappa shape index (κ1) is 12.3. The molecule has 20 heavy (non-hydrogen) atoms. The topological polar surface area (TPSA) is 54.9 Å². The van der Waals surface area contributed by atoms with Crippen LogP contribution in [0.15, 0.2) is 54.6 Å². The zero-order valence-electron chi connectivity index (χ0n) is 11.0. The van der Waals surface area contributed by atoms with E-state index in [1.54, 1.807) is 0 Å². The Morgan fingerprint density at radius 3 is 2.15 bits per heavy atom. The normalized spacial score (nSPS) is 10.4. The van der Waals surface area contributed by atoms with Crippen molar-refractivity contribution in [2.45, 2.75) is 6.92 Å². The van der Waals surface area contributed by atoms with Crippen LogP contribution >= 0.6 is 0 Å². The van der Waals surface area contributed by atoms with Crippen LogP contribution in [0.1, 0.15) is 6.92 Å². The second-order valence-electron chi connectivity index (χ2n) is 4.46. The summed E-state index contributed by atoms with van der Waals surface area (Å²) in [5.74, 6) is 0.328. The summed E-state index contributed by atoms with van der Waals surface area (Å²) in [5.41, 5.74) is 3.17. The van der Waals surface area contributed by atoms with Gasteiger partial charge in [-0.15, -0.1) is 0 Å². The second-order valence-corrected chi connectivity index (χ2v) is 4.46. The number of nitrogens with one attached hydrogen (secondary N) is 1. The molecule has 3 rings (SSSR count). The standard InChI is InChI=1S/C16H13N3O/c1-11(20)17-16-15(12-7-3-2-4-8-12)18-13-9-5-6-10-14(13)19-16/h2-10H,1H3,(H,17,19,20). The number of nitrogens with zero attached hydrogens (tertiary/aromatic N) is 2. The van der Waals surface area contributed by atoms with Gasteiger partial charge in [0.1, 0.15) is 5.69 Å². The number of anilines is 1. The Morgan fingerprint density at radius 1 is 0.900 bits per heavy atom. The summed E-state index contributed by atoms with van der Waals surface area (Å²) in [6.45, 7) is 1.46. The van der Waals surface area contributed by atoms with Crippen molar-refractivity contribution in [2.24, 2.45) is 0 Å². The first-order chi connectivity index (χ1) is 9.74. The van der Waals surface area contributed by atoms with Gasteiger partial charge in [-0.3, -0.25) is 4.79 Å². The summed E-state index contributed by atoms with van der Waals surface area (Å²) in [4.78, 5) is 20.5. The van der Waals surface area contributed by atoms with Gasteiger partial charge in [-0.05, 0) is 12.1 Å². The molecular formula is C16H13N3O. The quantitative estimate of drug-likeness (QED) is 0.772. The molecule has 4 heteroatoms. The van der Waals surface area contributed by atoms with Gasteiger partial charge in [0, 0.05) is 12.5 Å². The molecule has 4 nitrogen and oxygen atoms in total. The van der Waals surface area contributed by atoms with Gasteiger partial charge in [0.15, 0.2) is 5.82 Å². The van der Waals surface area contributed by atoms with Crippen LogP contribution in [0.2, 0.25) is 0 Å². The van der Waals surface area contributed by atoms with Crippen molar-refractivity contribution in [3.05, 3.63) is 54.6 Å². The molecule has 0 aliphatic carbocycles. The monoisotopic (exact) mass is 263 g/mol. The minimum atomic E-state index is -0.160. The Bertz CT molecular complexity index is 769. The van der Waals surface area contributed by atoms with E-state index in [1.807, 2.05) is 54.6 Å². The SMILES string of the molecule is CC(=O)Nc1nc2ccccc2nc1-c1ccccc1. The van der Waals surface area contributed by atoms with E-state index in [0.717, 1.165) is 16.6 Å². The zero-order valence-corrected chi connectivity index (χ0v) is 11.0. The predicted molar refractivity (Wildman–Crippen MR) is 79.3 cm³/mol. The summed E-state index contributed by atoms with van der Waals surface area (Å²) in [7, 11) is 0. The number of hydrogen-bond donors (Lipinski definition) is 1. The predicted octanol–water partition coefficient (Wildman–Crippen LogP) is 3.26. The molecule has 0 atom stereocenters. The number of hydrogen-bond acceptors (Lipinski definition) is 3. The first-order valence-corrected chi connectivity index (χ1v) is 6.34. The molecule has 2 aromatic carbocycles. The maximum atomic E-state index is 11.4. The third-order valence-corrected chi connectivity index (χ3v) is 2.91. The molecule has 1 aromatic heterocycles. The maximum absolute atomic E-state index is 11.4. The molecule has 1 amide bonds. The lowest BCUT2D eigenvalue weighted by Gasteiger charge is -2.10. The molecule has 0 aliphatic rings. The molecule has 0 fully saturated rings. The average Bonchev–Trinajstić information content (AvgIpc) is 2.47. The minimum absolute atomic E-state index is 0.160. The molecule has 1 heterocycles. The number of benzene rings is 2. The number of carbonyl (C=O) groups excluding carboxylic acids is 1. The van der Waals surface area contributed by atoms with Crippen molar-refractivity contribution in [1.82, 2.24) is 9.97 Å². The van der Waals surface area contributed by atoms with Gasteiger partial charge < -0.3 is 5.32 Å². The fraction of sp³-hybridized carbons (Fsp3) is 0.0625. The van der Waals surface area contributed by atoms with Crippen molar-refractivity contribution in [3.63, 3.8) is 0 Å². The molecule has 0 bridgehead atoms. The highest BCUT2D eigenvalue weighted by Crippen LogP contribution is 2.26. The molecule has 0 spiro atoms. The number of rotatable bonds is 2. The van der Waals surface area contributed by atoms with Crippen molar-refractivity contribution < 1.29 is 4.79 Å². The molecule has 1 N–H and O–H groups in total. The molecule has 0 saturated heterocycles. The summed E-state index contributed by atoms with van der Waals surface area (Å²) in [6.07, 6.45) is 0. The Morgan fingerprint density at radius 2 is 1.50 bits per heavy atom. The molecule has 0 saturated carbocycles. The van der Waals surface area contributed by atoms with Crippen LogP contribution in [0.4, 0.5) is 5.82 Å². The Balaban J connectivity index is 2.24. The van der Waals surface area contributed by atoms with E-state index in [2.05, 4.69) is 15.3 Å². The summed E-state index contributed by atoms with van der Waals surface area (Å²) in [6, 6.07) is 17.3. The smallest absolute Gasteiger partial charge is 0.222 e. The summed E-state index contributed by atoms with van der Waals surface area (Å²) >= 11 is 0. The van der Waals surface area contributed by atoms with Gasteiger partial charge >= 0.3 is 0 Å². The Labute approximate surface area is 116 Å². The van der Waals surface area contributed by atoms with E-state index < -0.39 is 0 Å². The second kappa shape index (κ2) is 5.09. The van der Waals surface area contributed by atoms with Gasteiger partial charge in [0.25, 0.3) is 0 Å². The van der Waals surface area contributed by atoms with Crippen LogP contribution in [0, 0.1) is 0 Å². The number of aromatic nitrogens is 2. The largest absolute Gasteiger partial charge is 0.309 e. The van der Waals surface area contributed by atoms with Crippen LogP contribution in [-0.4, -0.2) is 15.9 Å². The lowest BCUT2D eigenvalue weighted by atomic mass is 10.1. The van der Waals surface area contributed by atoms with Crippen LogP contribution in [-0.2, 0) is 4.79 Å². The average molecular weight is 263 g/mol. The number of amides is 1. The third-order valence-electron chi connectivity index (χ3n) is 2.91. The van der Waals surface area contributed by atoms with Crippen molar-refractivity contribution in [3.8, 4) is 11.3 Å². The molecule has 0 radical (unpaired) electrons. The van der Waals surface area contributed by atoms with E-state index in [-0.39, 0.29) is 5.91 Å². The van der Waals surface area contributed by atoms with E-state index in [4.69, 9.17) is 0 Å². The summed E-state index contributed by atoms with van der Waals surface area (Å²) < 4.78 is 0. The zero-order chi connectivity index (χ0) is 13.9. The van der Waals surface area contributed by atoms with E-state index in [1.165, 1.54) is 6.92 Å². The lowest BCUT2D eigenvalue weighted by Crippen LogP contribution is -2.10. The van der Waals surface area contributed by atoms with E-state index in [9.17, 15) is 4.79 Å². The first-order valence-electron chi connectivity index (χ1n) is 6.34. The van der Waals surface area contributed by atoms with Crippen LogP contribution < -0.4 is 5.32 Å². The fourth-order valence-electron chi connectivity index (χ4n) is 2.05. The van der Waals surface area contributed by atoms with Gasteiger partial charge in [-0.25, -0.2) is 9.97 Å². The minimum Gasteiger partial charge on any atom is -0.309 e. The Kier molecular flexibility index (Phi) is 3.13. The van der Waals surface area contributed by atoms with E-state index >= 15 is 0 Å². The molecular weight excluding hydrogens is 250 g/mol. The molecule has 98 valence electrons. The highest BCUT2D eigenvalue weighted by Gasteiger charge is 2.11. The highest BCUT2D eigenvalue weighted by molar-refractivity contribution is 5.93. The number of carbonyl (C=O) groups is 1. The van der Waals surface area contributed by atoms with E-state index in [0.29, 0.717) is 11.5 Å². The highest BCUT2D eigenvalue weighted by atomic mass is 16.1. The fourth-order valence-corrected chi connectivity index (χ4v) is 2.05. The number of fused-ring (bicyclic) bond motifs is 1. The van der Waals surface area contributed by atoms with Gasteiger partial charge in [0.2, 0.25) is 5.91 Å². The maximum Gasteiger partial charge on any atom is 0.222 e. The van der Waals surface area contributed by atoms with Gasteiger partial charge in [-0.2, -0.15) is 0 Å². The summed E-state index contributed by atoms with van der Waals surface area (Å²) in [5, 5.41) is 2.75. The van der Waals surface area contributed by atoms with Crippen LogP contribution in [0.25, 0.3) is 22.3 Å². The van der Waals surface area contributed by atoms with Crippen LogP contribution in [0.3, 0.4) is 0 Å². The van der Waals surface area contributed by atoms with Crippen molar-refractivity contribution in [1.29, 1.82) is 0 Å². The molecule has 0 unspecified atom stereocenters. The lowest BCUT2D eigenvalue weighted by molar-refractivity contribution is -0.114.